The maximum atomic E-state index is 10.8. The van der Waals surface area contributed by atoms with Gasteiger partial charge in [-0.2, -0.15) is 0 Å². The van der Waals surface area contributed by atoms with Crippen LogP contribution in [0.25, 0.3) is 33.4 Å². The molecule has 0 aliphatic heterocycles. The van der Waals surface area contributed by atoms with Crippen molar-refractivity contribution in [3.05, 3.63) is 126 Å². The number of rotatable bonds is 6. The molecular formula is C32H25N3O. The molecule has 0 amide bonds. The van der Waals surface area contributed by atoms with Gasteiger partial charge in [-0.1, -0.05) is 60.7 Å². The van der Waals surface area contributed by atoms with Gasteiger partial charge in [0.15, 0.2) is 0 Å². The number of carbonyl (C=O) groups excluding carboxylic acids is 1. The maximum absolute atomic E-state index is 10.8. The SMILES string of the molecule is Nc1ccc(-c2cc(-c3ccc(N)cc3)cc(-c3ccc(N=Cc4ccc(C=O)cc4)cc3)c2)cc1. The Bertz CT molecular complexity index is 1450. The van der Waals surface area contributed by atoms with E-state index < -0.39 is 0 Å². The highest BCUT2D eigenvalue weighted by molar-refractivity contribution is 5.85. The van der Waals surface area contributed by atoms with E-state index in [0.29, 0.717) is 5.56 Å². The van der Waals surface area contributed by atoms with Crippen molar-refractivity contribution in [2.75, 3.05) is 11.5 Å². The van der Waals surface area contributed by atoms with Crippen LogP contribution in [0.1, 0.15) is 15.9 Å². The van der Waals surface area contributed by atoms with E-state index in [1.807, 2.05) is 72.8 Å². The predicted octanol–water partition coefficient (Wildman–Crippen LogP) is 7.42. The summed E-state index contributed by atoms with van der Waals surface area (Å²) in [5.41, 5.74) is 22.4. The van der Waals surface area contributed by atoms with Crippen LogP contribution in [-0.2, 0) is 0 Å². The molecule has 0 unspecified atom stereocenters. The number of nitrogens with zero attached hydrogens (tertiary/aromatic N) is 1. The molecule has 4 nitrogen and oxygen atoms in total. The number of benzene rings is 5. The van der Waals surface area contributed by atoms with Crippen molar-refractivity contribution in [2.24, 2.45) is 4.99 Å². The monoisotopic (exact) mass is 467 g/mol. The Morgan fingerprint density at radius 2 is 0.861 bits per heavy atom. The summed E-state index contributed by atoms with van der Waals surface area (Å²) in [6.45, 7) is 0. The molecule has 0 fully saturated rings. The van der Waals surface area contributed by atoms with Crippen molar-refractivity contribution in [1.82, 2.24) is 0 Å². The Balaban J connectivity index is 1.48. The van der Waals surface area contributed by atoms with Crippen LogP contribution in [0, 0.1) is 0 Å². The lowest BCUT2D eigenvalue weighted by Crippen LogP contribution is -1.88. The van der Waals surface area contributed by atoms with Gasteiger partial charge in [0.25, 0.3) is 0 Å². The van der Waals surface area contributed by atoms with Gasteiger partial charge in [-0.3, -0.25) is 9.79 Å². The molecule has 5 rings (SSSR count). The number of aldehydes is 1. The van der Waals surface area contributed by atoms with Crippen LogP contribution in [0.15, 0.2) is 120 Å². The van der Waals surface area contributed by atoms with E-state index in [2.05, 4.69) is 35.3 Å². The number of hydrogen-bond donors (Lipinski definition) is 2. The molecule has 4 heteroatoms. The zero-order chi connectivity index (χ0) is 24.9. The maximum Gasteiger partial charge on any atom is 0.150 e. The van der Waals surface area contributed by atoms with E-state index in [4.69, 9.17) is 11.5 Å². The molecule has 0 aliphatic carbocycles. The molecule has 5 aromatic rings. The van der Waals surface area contributed by atoms with Crippen LogP contribution >= 0.6 is 0 Å². The average molecular weight is 468 g/mol. The Morgan fingerprint density at radius 1 is 0.472 bits per heavy atom. The van der Waals surface area contributed by atoms with Gasteiger partial charge in [0.05, 0.1) is 5.69 Å². The molecule has 0 aliphatic rings. The van der Waals surface area contributed by atoms with Crippen LogP contribution in [0.5, 0.6) is 0 Å². The van der Waals surface area contributed by atoms with Gasteiger partial charge in [0.1, 0.15) is 6.29 Å². The first kappa shape index (κ1) is 22.8. The van der Waals surface area contributed by atoms with Crippen molar-refractivity contribution in [3.63, 3.8) is 0 Å². The van der Waals surface area contributed by atoms with Gasteiger partial charge in [0.2, 0.25) is 0 Å². The number of nitrogen functional groups attached to an aromatic ring is 2. The van der Waals surface area contributed by atoms with E-state index in [1.165, 1.54) is 0 Å². The van der Waals surface area contributed by atoms with Gasteiger partial charge in [-0.15, -0.1) is 0 Å². The second-order valence-electron chi connectivity index (χ2n) is 8.63. The molecule has 0 atom stereocenters. The molecule has 0 radical (unpaired) electrons. The topological polar surface area (TPSA) is 81.5 Å². The van der Waals surface area contributed by atoms with E-state index in [0.717, 1.165) is 62.3 Å². The Labute approximate surface area is 210 Å². The summed E-state index contributed by atoms with van der Waals surface area (Å²) < 4.78 is 0. The third-order valence-electron chi connectivity index (χ3n) is 6.06. The van der Waals surface area contributed by atoms with E-state index in [9.17, 15) is 4.79 Å². The standard InChI is InChI=1S/C32H25N3O/c33-30-11-5-24(6-12-30)27-17-28(25-7-13-31(34)14-8-25)19-29(18-27)26-9-15-32(16-10-26)35-20-22-1-3-23(21-36)4-2-22/h1-21H,33-34H2. The summed E-state index contributed by atoms with van der Waals surface area (Å²) in [5.74, 6) is 0. The molecule has 174 valence electrons. The summed E-state index contributed by atoms with van der Waals surface area (Å²) >= 11 is 0. The number of nitrogens with two attached hydrogens (primary N) is 2. The minimum atomic E-state index is 0.649. The summed E-state index contributed by atoms with van der Waals surface area (Å²) in [6, 6.07) is 37.9. The normalized spacial score (nSPS) is 11.0. The molecular weight excluding hydrogens is 442 g/mol. The minimum absolute atomic E-state index is 0.649. The average Bonchev–Trinajstić information content (AvgIpc) is 2.93. The van der Waals surface area contributed by atoms with Crippen LogP contribution in [0.2, 0.25) is 0 Å². The molecule has 0 heterocycles. The molecule has 4 N–H and O–H groups in total. The molecule has 0 saturated heterocycles. The number of aliphatic imine (C=N–C) groups is 1. The van der Waals surface area contributed by atoms with Crippen molar-refractivity contribution < 1.29 is 4.79 Å². The molecule has 5 aromatic carbocycles. The lowest BCUT2D eigenvalue weighted by Gasteiger charge is -2.12. The third-order valence-corrected chi connectivity index (χ3v) is 6.06. The zero-order valence-corrected chi connectivity index (χ0v) is 19.6. The predicted molar refractivity (Wildman–Crippen MR) is 151 cm³/mol. The van der Waals surface area contributed by atoms with Crippen LogP contribution in [0.3, 0.4) is 0 Å². The van der Waals surface area contributed by atoms with Crippen molar-refractivity contribution in [2.45, 2.75) is 0 Å². The van der Waals surface area contributed by atoms with Crippen molar-refractivity contribution >= 4 is 29.6 Å². The first-order chi connectivity index (χ1) is 17.6. The third kappa shape index (κ3) is 5.24. The molecule has 0 saturated carbocycles. The Kier molecular flexibility index (Phi) is 6.41. The van der Waals surface area contributed by atoms with Gasteiger partial charge in [-0.05, 0) is 93.5 Å². The summed E-state index contributed by atoms with van der Waals surface area (Å²) in [4.78, 5) is 15.4. The number of anilines is 2. The van der Waals surface area contributed by atoms with Crippen molar-refractivity contribution in [3.8, 4) is 33.4 Å². The van der Waals surface area contributed by atoms with Crippen LogP contribution in [-0.4, -0.2) is 12.5 Å². The van der Waals surface area contributed by atoms with Gasteiger partial charge in [-0.25, -0.2) is 0 Å². The first-order valence-electron chi connectivity index (χ1n) is 11.6. The second-order valence-corrected chi connectivity index (χ2v) is 8.63. The van der Waals surface area contributed by atoms with Crippen molar-refractivity contribution in [1.29, 1.82) is 0 Å². The Morgan fingerprint density at radius 3 is 1.28 bits per heavy atom. The van der Waals surface area contributed by atoms with Crippen LogP contribution < -0.4 is 11.5 Å². The number of carbonyl (C=O) groups is 1. The lowest BCUT2D eigenvalue weighted by atomic mass is 9.93. The molecule has 36 heavy (non-hydrogen) atoms. The quantitative estimate of drug-likeness (QED) is 0.155. The summed E-state index contributed by atoms with van der Waals surface area (Å²) in [5, 5.41) is 0. The van der Waals surface area contributed by atoms with Gasteiger partial charge in [0, 0.05) is 23.2 Å². The Hall–Kier alpha value is -4.96. The first-order valence-corrected chi connectivity index (χ1v) is 11.6. The lowest BCUT2D eigenvalue weighted by molar-refractivity contribution is 0.112. The fraction of sp³-hybridized carbons (Fsp3) is 0. The van der Waals surface area contributed by atoms with Gasteiger partial charge >= 0.3 is 0 Å². The molecule has 0 spiro atoms. The summed E-state index contributed by atoms with van der Waals surface area (Å²) in [6.07, 6.45) is 2.63. The van der Waals surface area contributed by atoms with E-state index in [-0.39, 0.29) is 0 Å². The minimum Gasteiger partial charge on any atom is -0.399 e. The van der Waals surface area contributed by atoms with Gasteiger partial charge < -0.3 is 11.5 Å². The fourth-order valence-electron chi connectivity index (χ4n) is 4.03. The molecule has 0 bridgehead atoms. The fourth-order valence-corrected chi connectivity index (χ4v) is 4.03. The van der Waals surface area contributed by atoms with E-state index in [1.54, 1.807) is 18.3 Å². The molecule has 0 aromatic heterocycles. The highest BCUT2D eigenvalue weighted by Crippen LogP contribution is 2.34. The number of hydrogen-bond acceptors (Lipinski definition) is 4. The highest BCUT2D eigenvalue weighted by Gasteiger charge is 2.08. The zero-order valence-electron chi connectivity index (χ0n) is 19.6. The smallest absolute Gasteiger partial charge is 0.150 e. The second kappa shape index (κ2) is 10.1. The highest BCUT2D eigenvalue weighted by atomic mass is 16.1. The summed E-state index contributed by atoms with van der Waals surface area (Å²) in [7, 11) is 0. The van der Waals surface area contributed by atoms with Crippen LogP contribution in [0.4, 0.5) is 17.1 Å². The largest absolute Gasteiger partial charge is 0.399 e. The van der Waals surface area contributed by atoms with E-state index >= 15 is 0 Å².